The van der Waals surface area contributed by atoms with Crippen molar-refractivity contribution in [1.82, 2.24) is 5.48 Å². The second-order valence-electron chi connectivity index (χ2n) is 2.75. The molecular formula is C9H12N4O. The van der Waals surface area contributed by atoms with Gasteiger partial charge in [0, 0.05) is 0 Å². The van der Waals surface area contributed by atoms with Crippen molar-refractivity contribution in [1.29, 1.82) is 0 Å². The maximum atomic E-state index is 8.29. The molecule has 0 heterocycles. The quantitative estimate of drug-likeness (QED) is 0.365. The van der Waals surface area contributed by atoms with Gasteiger partial charge in [-0.1, -0.05) is 29.8 Å². The van der Waals surface area contributed by atoms with Crippen LogP contribution in [0.5, 0.6) is 0 Å². The van der Waals surface area contributed by atoms with E-state index >= 15 is 0 Å². The highest BCUT2D eigenvalue weighted by molar-refractivity contribution is 5.81. The third-order valence-electron chi connectivity index (χ3n) is 1.56. The Morgan fingerprint density at radius 2 is 2.07 bits per heavy atom. The summed E-state index contributed by atoms with van der Waals surface area (Å²) in [5.41, 5.74) is 8.91. The van der Waals surface area contributed by atoms with Gasteiger partial charge in [-0.3, -0.25) is 5.21 Å². The van der Waals surface area contributed by atoms with Crippen molar-refractivity contribution in [2.45, 2.75) is 6.92 Å². The fourth-order valence-corrected chi connectivity index (χ4v) is 0.833. The van der Waals surface area contributed by atoms with E-state index in [4.69, 9.17) is 10.9 Å². The maximum absolute atomic E-state index is 8.29. The van der Waals surface area contributed by atoms with Gasteiger partial charge in [-0.2, -0.15) is 5.10 Å². The minimum atomic E-state index is -0.145. The van der Waals surface area contributed by atoms with Crippen molar-refractivity contribution in [3.63, 3.8) is 0 Å². The molecule has 0 atom stereocenters. The Hall–Kier alpha value is -1.88. The summed E-state index contributed by atoms with van der Waals surface area (Å²) >= 11 is 0. The van der Waals surface area contributed by atoms with Gasteiger partial charge in [0.2, 0.25) is 5.96 Å². The molecule has 0 aromatic heterocycles. The lowest BCUT2D eigenvalue weighted by Crippen LogP contribution is -2.27. The average Bonchev–Trinajstić information content (AvgIpc) is 2.21. The lowest BCUT2D eigenvalue weighted by molar-refractivity contribution is 0.232. The van der Waals surface area contributed by atoms with Crippen LogP contribution in [0.25, 0.3) is 0 Å². The zero-order chi connectivity index (χ0) is 10.4. The first-order chi connectivity index (χ1) is 6.72. The van der Waals surface area contributed by atoms with E-state index in [1.807, 2.05) is 31.2 Å². The van der Waals surface area contributed by atoms with Gasteiger partial charge in [0.15, 0.2) is 0 Å². The van der Waals surface area contributed by atoms with Crippen molar-refractivity contribution in [2.75, 3.05) is 0 Å². The monoisotopic (exact) mass is 192 g/mol. The predicted molar refractivity (Wildman–Crippen MR) is 55.3 cm³/mol. The third kappa shape index (κ3) is 3.24. The number of hydroxylamine groups is 1. The topological polar surface area (TPSA) is 83.0 Å². The number of benzene rings is 1. The molecule has 0 aliphatic rings. The molecular weight excluding hydrogens is 180 g/mol. The van der Waals surface area contributed by atoms with Crippen molar-refractivity contribution in [2.24, 2.45) is 15.9 Å². The number of hydrogen-bond acceptors (Lipinski definition) is 3. The summed E-state index contributed by atoms with van der Waals surface area (Å²) in [6.45, 7) is 2.01. The van der Waals surface area contributed by atoms with E-state index in [9.17, 15) is 0 Å². The number of nitrogens with two attached hydrogens (primary N) is 1. The number of rotatable bonds is 2. The summed E-state index contributed by atoms with van der Waals surface area (Å²) in [5.74, 6) is -0.145. The fraction of sp³-hybridized carbons (Fsp3) is 0.111. The van der Waals surface area contributed by atoms with E-state index in [0.29, 0.717) is 0 Å². The first-order valence-corrected chi connectivity index (χ1v) is 4.05. The maximum Gasteiger partial charge on any atom is 0.237 e. The molecule has 0 unspecified atom stereocenters. The third-order valence-corrected chi connectivity index (χ3v) is 1.56. The summed E-state index contributed by atoms with van der Waals surface area (Å²) in [6.07, 6.45) is 1.55. The SMILES string of the molecule is Cc1ccc(/C=N/N=C(\N)NO)cc1. The number of nitrogens with zero attached hydrogens (tertiary/aromatic N) is 2. The van der Waals surface area contributed by atoms with Crippen molar-refractivity contribution in [3.05, 3.63) is 35.4 Å². The molecule has 0 saturated carbocycles. The molecule has 14 heavy (non-hydrogen) atoms. The Labute approximate surface area is 81.9 Å². The van der Waals surface area contributed by atoms with E-state index in [2.05, 4.69) is 10.2 Å². The molecule has 0 aliphatic carbocycles. The van der Waals surface area contributed by atoms with Crippen LogP contribution in [0.15, 0.2) is 34.5 Å². The van der Waals surface area contributed by atoms with Crippen LogP contribution in [0.1, 0.15) is 11.1 Å². The summed E-state index contributed by atoms with van der Waals surface area (Å²) in [4.78, 5) is 0. The van der Waals surface area contributed by atoms with Gasteiger partial charge >= 0.3 is 0 Å². The Bertz CT molecular complexity index is 342. The van der Waals surface area contributed by atoms with Crippen LogP contribution in [0.3, 0.4) is 0 Å². The second kappa shape index (κ2) is 4.98. The Morgan fingerprint density at radius 1 is 1.43 bits per heavy atom. The van der Waals surface area contributed by atoms with E-state index in [1.165, 1.54) is 5.56 Å². The number of hydrogen-bond donors (Lipinski definition) is 3. The molecule has 0 fully saturated rings. The molecule has 0 bridgehead atoms. The molecule has 0 spiro atoms. The molecule has 1 rings (SSSR count). The predicted octanol–water partition coefficient (Wildman–Crippen LogP) is 0.622. The van der Waals surface area contributed by atoms with Crippen molar-refractivity contribution in [3.8, 4) is 0 Å². The molecule has 0 amide bonds. The summed E-state index contributed by atoms with van der Waals surface area (Å²) < 4.78 is 0. The highest BCUT2D eigenvalue weighted by Crippen LogP contribution is 1.99. The second-order valence-corrected chi connectivity index (χ2v) is 2.75. The van der Waals surface area contributed by atoms with Gasteiger partial charge in [-0.15, -0.1) is 5.10 Å². The van der Waals surface area contributed by atoms with Gasteiger partial charge in [0.1, 0.15) is 0 Å². The smallest absolute Gasteiger partial charge is 0.237 e. The van der Waals surface area contributed by atoms with Crippen LogP contribution in [0.4, 0.5) is 0 Å². The first kappa shape index (κ1) is 10.2. The number of aryl methyl sites for hydroxylation is 1. The molecule has 74 valence electrons. The van der Waals surface area contributed by atoms with E-state index in [-0.39, 0.29) is 5.96 Å². The lowest BCUT2D eigenvalue weighted by Gasteiger charge is -1.93. The van der Waals surface area contributed by atoms with Crippen LogP contribution in [0, 0.1) is 6.92 Å². The van der Waals surface area contributed by atoms with Crippen LogP contribution in [-0.2, 0) is 0 Å². The lowest BCUT2D eigenvalue weighted by atomic mass is 10.2. The number of guanidine groups is 1. The fourth-order valence-electron chi connectivity index (χ4n) is 0.833. The first-order valence-electron chi connectivity index (χ1n) is 4.05. The molecule has 0 radical (unpaired) electrons. The van der Waals surface area contributed by atoms with E-state index in [1.54, 1.807) is 11.7 Å². The highest BCUT2D eigenvalue weighted by Gasteiger charge is 1.86. The zero-order valence-corrected chi connectivity index (χ0v) is 7.81. The summed E-state index contributed by atoms with van der Waals surface area (Å²) in [5, 5.41) is 15.4. The number of nitrogens with one attached hydrogen (secondary N) is 1. The minimum absolute atomic E-state index is 0.145. The minimum Gasteiger partial charge on any atom is -0.367 e. The highest BCUT2D eigenvalue weighted by atomic mass is 16.5. The molecule has 0 saturated heterocycles. The Morgan fingerprint density at radius 3 is 2.64 bits per heavy atom. The van der Waals surface area contributed by atoms with E-state index in [0.717, 1.165) is 5.56 Å². The molecule has 5 heteroatoms. The van der Waals surface area contributed by atoms with Crippen LogP contribution in [-0.4, -0.2) is 17.4 Å². The van der Waals surface area contributed by atoms with Crippen molar-refractivity contribution < 1.29 is 5.21 Å². The van der Waals surface area contributed by atoms with Gasteiger partial charge in [0.25, 0.3) is 0 Å². The Kier molecular flexibility index (Phi) is 3.63. The molecule has 5 nitrogen and oxygen atoms in total. The normalized spacial score (nSPS) is 12.0. The summed E-state index contributed by atoms with van der Waals surface area (Å²) in [7, 11) is 0. The molecule has 1 aromatic rings. The van der Waals surface area contributed by atoms with Gasteiger partial charge in [-0.05, 0) is 12.5 Å². The standard InChI is InChI=1S/C9H12N4O/c1-7-2-4-8(5-3-7)6-11-12-9(10)13-14/h2-6,14H,1H3,(H3,10,12,13)/b11-6+. The average molecular weight is 192 g/mol. The van der Waals surface area contributed by atoms with Crippen LogP contribution < -0.4 is 11.2 Å². The largest absolute Gasteiger partial charge is 0.367 e. The molecule has 4 N–H and O–H groups in total. The summed E-state index contributed by atoms with van der Waals surface area (Å²) in [6, 6.07) is 7.77. The van der Waals surface area contributed by atoms with Gasteiger partial charge < -0.3 is 5.73 Å². The molecule has 0 aliphatic heterocycles. The zero-order valence-electron chi connectivity index (χ0n) is 7.81. The van der Waals surface area contributed by atoms with Crippen molar-refractivity contribution >= 4 is 12.2 Å². The van der Waals surface area contributed by atoms with Gasteiger partial charge in [0.05, 0.1) is 6.21 Å². The van der Waals surface area contributed by atoms with Crippen LogP contribution >= 0.6 is 0 Å². The van der Waals surface area contributed by atoms with E-state index < -0.39 is 0 Å². The van der Waals surface area contributed by atoms with Gasteiger partial charge in [-0.25, -0.2) is 5.48 Å². The Balaban J connectivity index is 2.65. The molecule has 1 aromatic carbocycles. The van der Waals surface area contributed by atoms with Crippen LogP contribution in [0.2, 0.25) is 0 Å².